The zero-order valence-corrected chi connectivity index (χ0v) is 16.4. The Morgan fingerprint density at radius 3 is 2.46 bits per heavy atom. The average Bonchev–Trinajstić information content (AvgIpc) is 2.69. The molecule has 28 heavy (non-hydrogen) atoms. The van der Waals surface area contributed by atoms with Gasteiger partial charge in [-0.1, -0.05) is 42.8 Å². The van der Waals surface area contributed by atoms with Gasteiger partial charge in [-0.05, 0) is 42.7 Å². The molecule has 2 amide bonds. The van der Waals surface area contributed by atoms with Crippen molar-refractivity contribution >= 4 is 17.9 Å². The second-order valence-electron chi connectivity index (χ2n) is 6.38. The van der Waals surface area contributed by atoms with E-state index < -0.39 is 5.91 Å². The summed E-state index contributed by atoms with van der Waals surface area (Å²) in [5.41, 5.74) is 8.11. The highest BCUT2D eigenvalue weighted by atomic mass is 16.5. The van der Waals surface area contributed by atoms with Gasteiger partial charge in [0.2, 0.25) is 5.91 Å². The summed E-state index contributed by atoms with van der Waals surface area (Å²) in [6, 6.07) is 13.2. The molecule has 1 atom stereocenters. The number of nitrogens with one attached hydrogen (secondary N) is 1. The van der Waals surface area contributed by atoms with Gasteiger partial charge in [0, 0.05) is 6.08 Å². The molecule has 3 N–H and O–H groups in total. The number of ether oxygens (including phenoxy) is 2. The number of carbonyl (C=O) groups is 2. The van der Waals surface area contributed by atoms with Crippen LogP contribution >= 0.6 is 0 Å². The highest BCUT2D eigenvalue weighted by molar-refractivity contribution is 5.92. The predicted octanol–water partition coefficient (Wildman–Crippen LogP) is 3.15. The Bertz CT molecular complexity index is 844. The fourth-order valence-corrected chi connectivity index (χ4v) is 2.67. The first-order chi connectivity index (χ1) is 13.4. The van der Waals surface area contributed by atoms with Gasteiger partial charge in [0.1, 0.15) is 0 Å². The van der Waals surface area contributed by atoms with Gasteiger partial charge >= 0.3 is 0 Å². The summed E-state index contributed by atoms with van der Waals surface area (Å²) >= 11 is 0. The summed E-state index contributed by atoms with van der Waals surface area (Å²) in [7, 11) is 1.50. The molecule has 0 fully saturated rings. The SMILES string of the molecule is CCC(NC(=O)/C=C/c1ccc(OCC(N)=O)c(OC)c1)c1ccc(C)cc1. The van der Waals surface area contributed by atoms with E-state index in [4.69, 9.17) is 15.2 Å². The highest BCUT2D eigenvalue weighted by Crippen LogP contribution is 2.28. The van der Waals surface area contributed by atoms with Crippen molar-refractivity contribution in [1.82, 2.24) is 5.32 Å². The van der Waals surface area contributed by atoms with E-state index in [2.05, 4.69) is 5.32 Å². The lowest BCUT2D eigenvalue weighted by molar-refractivity contribution is -0.120. The molecule has 2 aromatic carbocycles. The van der Waals surface area contributed by atoms with Crippen molar-refractivity contribution < 1.29 is 19.1 Å². The predicted molar refractivity (Wildman–Crippen MR) is 109 cm³/mol. The monoisotopic (exact) mass is 382 g/mol. The van der Waals surface area contributed by atoms with Crippen LogP contribution in [0.5, 0.6) is 11.5 Å². The lowest BCUT2D eigenvalue weighted by Gasteiger charge is -2.16. The standard InChI is InChI=1S/C22H26N2O4/c1-4-18(17-9-5-15(2)6-10-17)24-22(26)12-8-16-7-11-19(20(13-16)27-3)28-14-21(23)25/h5-13,18H,4,14H2,1-3H3,(H2,23,25)(H,24,26)/b12-8+. The van der Waals surface area contributed by atoms with Crippen molar-refractivity contribution in [2.45, 2.75) is 26.3 Å². The van der Waals surface area contributed by atoms with Gasteiger partial charge in [-0.2, -0.15) is 0 Å². The van der Waals surface area contributed by atoms with Crippen LogP contribution < -0.4 is 20.5 Å². The first-order valence-electron chi connectivity index (χ1n) is 9.07. The van der Waals surface area contributed by atoms with Crippen LogP contribution in [0.25, 0.3) is 6.08 Å². The molecule has 0 saturated heterocycles. The molecule has 0 spiro atoms. The number of methoxy groups -OCH3 is 1. The zero-order valence-electron chi connectivity index (χ0n) is 16.4. The number of benzene rings is 2. The van der Waals surface area contributed by atoms with Crippen LogP contribution in [0.15, 0.2) is 48.5 Å². The van der Waals surface area contributed by atoms with E-state index in [-0.39, 0.29) is 18.6 Å². The van der Waals surface area contributed by atoms with Crippen LogP contribution in [0.2, 0.25) is 0 Å². The minimum atomic E-state index is -0.568. The van der Waals surface area contributed by atoms with Crippen LogP contribution in [0.1, 0.15) is 36.1 Å². The van der Waals surface area contributed by atoms with E-state index in [1.807, 2.05) is 38.1 Å². The number of aryl methyl sites for hydroxylation is 1. The van der Waals surface area contributed by atoms with Crippen LogP contribution in [0, 0.1) is 6.92 Å². The van der Waals surface area contributed by atoms with Crippen molar-refractivity contribution in [1.29, 1.82) is 0 Å². The average molecular weight is 382 g/mol. The summed E-state index contributed by atoms with van der Waals surface area (Å²) in [6.45, 7) is 3.83. The molecule has 2 rings (SSSR count). The molecule has 148 valence electrons. The second kappa shape index (κ2) is 10.2. The molecule has 6 heteroatoms. The highest BCUT2D eigenvalue weighted by Gasteiger charge is 2.11. The van der Waals surface area contributed by atoms with E-state index in [1.165, 1.54) is 18.7 Å². The first-order valence-corrected chi connectivity index (χ1v) is 9.07. The molecule has 0 heterocycles. The molecule has 0 aromatic heterocycles. The maximum absolute atomic E-state index is 12.3. The molecule has 0 aliphatic carbocycles. The maximum Gasteiger partial charge on any atom is 0.255 e. The minimum Gasteiger partial charge on any atom is -0.493 e. The molecule has 0 bridgehead atoms. The topological polar surface area (TPSA) is 90.6 Å². The van der Waals surface area contributed by atoms with Crippen molar-refractivity contribution in [3.63, 3.8) is 0 Å². The molecule has 2 aromatic rings. The van der Waals surface area contributed by atoms with Gasteiger partial charge < -0.3 is 20.5 Å². The van der Waals surface area contributed by atoms with Crippen LogP contribution in [0.3, 0.4) is 0 Å². The van der Waals surface area contributed by atoms with Gasteiger partial charge in [0.25, 0.3) is 5.91 Å². The van der Waals surface area contributed by atoms with Crippen molar-refractivity contribution in [2.75, 3.05) is 13.7 Å². The third-order valence-electron chi connectivity index (χ3n) is 4.19. The van der Waals surface area contributed by atoms with Gasteiger partial charge in [-0.15, -0.1) is 0 Å². The Kier molecular flexibility index (Phi) is 7.63. The summed E-state index contributed by atoms with van der Waals surface area (Å²) in [4.78, 5) is 23.2. The van der Waals surface area contributed by atoms with Gasteiger partial charge in [0.15, 0.2) is 18.1 Å². The fourth-order valence-electron chi connectivity index (χ4n) is 2.67. The number of amides is 2. The fraction of sp³-hybridized carbons (Fsp3) is 0.273. The van der Waals surface area contributed by atoms with E-state index in [1.54, 1.807) is 24.3 Å². The largest absolute Gasteiger partial charge is 0.493 e. The zero-order chi connectivity index (χ0) is 20.5. The van der Waals surface area contributed by atoms with Gasteiger partial charge in [0.05, 0.1) is 13.2 Å². The molecular weight excluding hydrogens is 356 g/mol. The molecule has 0 saturated carbocycles. The summed E-state index contributed by atoms with van der Waals surface area (Å²) in [5, 5.41) is 3.01. The van der Waals surface area contributed by atoms with Gasteiger partial charge in [-0.25, -0.2) is 0 Å². The maximum atomic E-state index is 12.3. The van der Waals surface area contributed by atoms with E-state index in [0.29, 0.717) is 11.5 Å². The molecule has 0 aliphatic heterocycles. The third kappa shape index (κ3) is 6.16. The normalized spacial score (nSPS) is 11.8. The number of primary amides is 1. The van der Waals surface area contributed by atoms with E-state index in [0.717, 1.165) is 17.5 Å². The minimum absolute atomic E-state index is 0.0446. The van der Waals surface area contributed by atoms with Crippen molar-refractivity contribution in [2.24, 2.45) is 5.73 Å². The Hall–Kier alpha value is -3.28. The third-order valence-corrected chi connectivity index (χ3v) is 4.19. The first kappa shape index (κ1) is 21.0. The van der Waals surface area contributed by atoms with Crippen molar-refractivity contribution in [3.8, 4) is 11.5 Å². The molecule has 0 radical (unpaired) electrons. The summed E-state index contributed by atoms with van der Waals surface area (Å²) in [6.07, 6.45) is 3.97. The van der Waals surface area contributed by atoms with Crippen molar-refractivity contribution in [3.05, 3.63) is 65.2 Å². The van der Waals surface area contributed by atoms with Crippen LogP contribution in [-0.2, 0) is 9.59 Å². The number of hydrogen-bond acceptors (Lipinski definition) is 4. The van der Waals surface area contributed by atoms with E-state index >= 15 is 0 Å². The number of hydrogen-bond donors (Lipinski definition) is 2. The number of carbonyl (C=O) groups excluding carboxylic acids is 2. The summed E-state index contributed by atoms with van der Waals surface area (Å²) < 4.78 is 10.6. The molecule has 6 nitrogen and oxygen atoms in total. The lowest BCUT2D eigenvalue weighted by Crippen LogP contribution is -2.26. The lowest BCUT2D eigenvalue weighted by atomic mass is 10.0. The van der Waals surface area contributed by atoms with Crippen LogP contribution in [0.4, 0.5) is 0 Å². The summed E-state index contributed by atoms with van der Waals surface area (Å²) in [5.74, 6) is 0.116. The molecular formula is C22H26N2O4. The Labute approximate surface area is 165 Å². The number of rotatable bonds is 9. The Balaban J connectivity index is 2.04. The molecule has 0 aliphatic rings. The quantitative estimate of drug-likeness (QED) is 0.652. The van der Waals surface area contributed by atoms with Crippen LogP contribution in [-0.4, -0.2) is 25.5 Å². The second-order valence-corrected chi connectivity index (χ2v) is 6.38. The number of nitrogens with two attached hydrogens (primary N) is 1. The van der Waals surface area contributed by atoms with E-state index in [9.17, 15) is 9.59 Å². The Morgan fingerprint density at radius 2 is 1.86 bits per heavy atom. The smallest absolute Gasteiger partial charge is 0.255 e. The van der Waals surface area contributed by atoms with Gasteiger partial charge in [-0.3, -0.25) is 9.59 Å². The molecule has 1 unspecified atom stereocenters. The Morgan fingerprint density at radius 1 is 1.14 bits per heavy atom.